The number of rotatable bonds is 9. The van der Waals surface area contributed by atoms with Crippen LogP contribution in [0, 0.1) is 0 Å². The maximum Gasteiger partial charge on any atom is 0.319 e. The molecule has 150 valence electrons. The lowest BCUT2D eigenvalue weighted by Gasteiger charge is -2.15. The fourth-order valence-electron chi connectivity index (χ4n) is 2.44. The number of carboxylic acids is 1. The molecule has 0 spiro atoms. The zero-order valence-electron chi connectivity index (χ0n) is 16.1. The van der Waals surface area contributed by atoms with E-state index in [1.165, 1.54) is 23.1 Å². The third-order valence-corrected chi connectivity index (χ3v) is 6.34. The Morgan fingerprint density at radius 1 is 1.07 bits per heavy atom. The van der Waals surface area contributed by atoms with Gasteiger partial charge in [0.2, 0.25) is 0 Å². The number of thioether (sulfide) groups is 1. The first-order chi connectivity index (χ1) is 13.8. The smallest absolute Gasteiger partial charge is 0.319 e. The van der Waals surface area contributed by atoms with Crippen molar-refractivity contribution in [1.82, 2.24) is 4.98 Å². The van der Waals surface area contributed by atoms with Gasteiger partial charge in [-0.1, -0.05) is 42.1 Å². The molecule has 5 nitrogen and oxygen atoms in total. The fraction of sp³-hybridized carbons (Fsp3) is 0.227. The number of hydrogen-bond donors (Lipinski definition) is 1. The summed E-state index contributed by atoms with van der Waals surface area (Å²) in [5.74, 6) is -0.197. The Hall–Kier alpha value is -2.64. The molecule has 0 saturated heterocycles. The molecule has 0 saturated carbocycles. The van der Waals surface area contributed by atoms with Crippen molar-refractivity contribution in [3.05, 3.63) is 76.8 Å². The number of carbonyl (C=O) groups excluding carboxylic acids is 1. The van der Waals surface area contributed by atoms with Crippen molar-refractivity contribution in [1.29, 1.82) is 0 Å². The molecule has 0 aliphatic rings. The predicted octanol–water partition coefficient (Wildman–Crippen LogP) is 4.95. The van der Waals surface area contributed by atoms with Gasteiger partial charge in [-0.2, -0.15) is 0 Å². The minimum absolute atomic E-state index is 0.0195. The number of carbonyl (C=O) groups is 2. The highest BCUT2D eigenvalue weighted by atomic mass is 32.2. The number of aliphatic carboxylic acids is 1. The number of carboxylic acid groups (broad SMARTS) is 1. The van der Waals surface area contributed by atoms with E-state index in [2.05, 4.69) is 4.98 Å². The summed E-state index contributed by atoms with van der Waals surface area (Å²) in [5, 5.41) is 11.1. The van der Waals surface area contributed by atoms with Crippen molar-refractivity contribution in [3.63, 3.8) is 0 Å². The molecular formula is C22H21NO4S2. The molecule has 7 heteroatoms. The zero-order chi connectivity index (χ0) is 20.9. The van der Waals surface area contributed by atoms with E-state index < -0.39 is 10.7 Å². The van der Waals surface area contributed by atoms with Gasteiger partial charge in [-0.05, 0) is 38.1 Å². The average molecular weight is 428 g/mol. The molecule has 0 unspecified atom stereocenters. The Labute approximate surface area is 177 Å². The summed E-state index contributed by atoms with van der Waals surface area (Å²) in [6.07, 6.45) is 0.620. The highest BCUT2D eigenvalue weighted by Gasteiger charge is 2.29. The van der Waals surface area contributed by atoms with Crippen LogP contribution in [-0.2, 0) is 11.2 Å². The number of ether oxygens (including phenoxy) is 1. The van der Waals surface area contributed by atoms with Crippen molar-refractivity contribution < 1.29 is 19.4 Å². The number of aromatic nitrogens is 1. The largest absolute Gasteiger partial charge is 0.493 e. The van der Waals surface area contributed by atoms with Crippen molar-refractivity contribution in [3.8, 4) is 5.75 Å². The highest BCUT2D eigenvalue weighted by Crippen LogP contribution is 2.34. The molecule has 0 aliphatic carbocycles. The first kappa shape index (κ1) is 21.1. The maximum atomic E-state index is 12.4. The van der Waals surface area contributed by atoms with Crippen molar-refractivity contribution in [2.75, 3.05) is 6.61 Å². The summed E-state index contributed by atoms with van der Waals surface area (Å²) in [4.78, 5) is 28.1. The van der Waals surface area contributed by atoms with E-state index >= 15 is 0 Å². The van der Waals surface area contributed by atoms with Gasteiger partial charge in [-0.25, -0.2) is 4.98 Å². The second-order valence-corrected chi connectivity index (χ2v) is 9.57. The highest BCUT2D eigenvalue weighted by molar-refractivity contribution is 8.02. The maximum absolute atomic E-state index is 12.4. The van der Waals surface area contributed by atoms with Crippen LogP contribution in [0.2, 0.25) is 0 Å². The molecule has 0 fully saturated rings. The molecule has 2 aromatic carbocycles. The van der Waals surface area contributed by atoms with E-state index in [1.54, 1.807) is 50.2 Å². The molecule has 1 heterocycles. The van der Waals surface area contributed by atoms with E-state index in [9.17, 15) is 14.7 Å². The predicted molar refractivity (Wildman–Crippen MR) is 115 cm³/mol. The molecule has 1 aromatic heterocycles. The van der Waals surface area contributed by atoms with Gasteiger partial charge in [0.1, 0.15) is 10.5 Å². The Balaban J connectivity index is 1.51. The van der Waals surface area contributed by atoms with Crippen LogP contribution >= 0.6 is 23.1 Å². The standard InChI is InChI=1S/C22H21NO4S2/c1-22(2,20(25)26)29-21-23-17(14-28-21)12-13-27-18-10-8-16(9-11-18)19(24)15-6-4-3-5-7-15/h3-11,14H,12-13H2,1-2H3,(H,25,26). The Bertz CT molecular complexity index is 982. The average Bonchev–Trinajstić information content (AvgIpc) is 3.15. The summed E-state index contributed by atoms with van der Waals surface area (Å²) < 4.78 is 5.57. The third-order valence-electron chi connectivity index (χ3n) is 4.17. The molecule has 0 amide bonds. The van der Waals surface area contributed by atoms with Crippen LogP contribution in [0.1, 0.15) is 35.5 Å². The molecule has 3 rings (SSSR count). The third kappa shape index (κ3) is 5.68. The molecule has 3 aromatic rings. The van der Waals surface area contributed by atoms with E-state index in [0.717, 1.165) is 10.0 Å². The topological polar surface area (TPSA) is 76.5 Å². The summed E-state index contributed by atoms with van der Waals surface area (Å²) in [6.45, 7) is 3.77. The molecule has 0 radical (unpaired) electrons. The first-order valence-electron chi connectivity index (χ1n) is 9.04. The summed E-state index contributed by atoms with van der Waals surface area (Å²) in [6, 6.07) is 16.2. The van der Waals surface area contributed by atoms with Gasteiger partial charge in [0.25, 0.3) is 0 Å². The van der Waals surface area contributed by atoms with Gasteiger partial charge < -0.3 is 9.84 Å². The van der Waals surface area contributed by atoms with Crippen molar-refractivity contribution >= 4 is 34.9 Å². The molecule has 0 bridgehead atoms. The van der Waals surface area contributed by atoms with E-state index in [0.29, 0.717) is 29.9 Å². The Kier molecular flexibility index (Phi) is 6.71. The zero-order valence-corrected chi connectivity index (χ0v) is 17.8. The van der Waals surface area contributed by atoms with Crippen LogP contribution in [-0.4, -0.2) is 33.2 Å². The van der Waals surface area contributed by atoms with Crippen molar-refractivity contribution in [2.45, 2.75) is 29.4 Å². The van der Waals surface area contributed by atoms with Crippen molar-refractivity contribution in [2.24, 2.45) is 0 Å². The van der Waals surface area contributed by atoms with Gasteiger partial charge >= 0.3 is 5.97 Å². The van der Waals surface area contributed by atoms with Gasteiger partial charge in [0, 0.05) is 22.9 Å². The van der Waals surface area contributed by atoms with E-state index in [1.807, 2.05) is 23.6 Å². The van der Waals surface area contributed by atoms with Crippen LogP contribution in [0.25, 0.3) is 0 Å². The monoisotopic (exact) mass is 427 g/mol. The number of hydrogen-bond acceptors (Lipinski definition) is 6. The lowest BCUT2D eigenvalue weighted by Crippen LogP contribution is -2.26. The fourth-order valence-corrected chi connectivity index (χ4v) is 4.67. The summed E-state index contributed by atoms with van der Waals surface area (Å²) in [7, 11) is 0. The van der Waals surface area contributed by atoms with Crippen LogP contribution in [0.15, 0.2) is 64.3 Å². The SMILES string of the molecule is CC(C)(Sc1nc(CCOc2ccc(C(=O)c3ccccc3)cc2)cs1)C(=O)O. The van der Waals surface area contributed by atoms with Gasteiger partial charge in [0.15, 0.2) is 10.1 Å². The normalized spacial score (nSPS) is 11.2. The summed E-state index contributed by atoms with van der Waals surface area (Å²) >= 11 is 2.68. The molecule has 0 atom stereocenters. The van der Waals surface area contributed by atoms with E-state index in [-0.39, 0.29) is 5.78 Å². The second-order valence-electron chi connectivity index (χ2n) is 6.84. The quantitative estimate of drug-likeness (QED) is 0.385. The first-order valence-corrected chi connectivity index (χ1v) is 10.7. The molecule has 1 N–H and O–H groups in total. The molecular weight excluding hydrogens is 406 g/mol. The summed E-state index contributed by atoms with van der Waals surface area (Å²) in [5.41, 5.74) is 2.14. The Morgan fingerprint density at radius 3 is 2.38 bits per heavy atom. The number of nitrogens with zero attached hydrogens (tertiary/aromatic N) is 1. The van der Waals surface area contributed by atoms with Gasteiger partial charge in [-0.3, -0.25) is 9.59 Å². The lowest BCUT2D eigenvalue weighted by atomic mass is 10.0. The Morgan fingerprint density at radius 2 is 1.72 bits per heavy atom. The van der Waals surface area contributed by atoms with Crippen LogP contribution in [0.5, 0.6) is 5.75 Å². The number of ketones is 1. The minimum Gasteiger partial charge on any atom is -0.493 e. The second kappa shape index (κ2) is 9.24. The number of thiazole rings is 1. The minimum atomic E-state index is -0.912. The van der Waals surface area contributed by atoms with Gasteiger partial charge in [0.05, 0.1) is 12.3 Å². The lowest BCUT2D eigenvalue weighted by molar-refractivity contribution is -0.138. The van der Waals surface area contributed by atoms with Crippen LogP contribution < -0.4 is 4.74 Å². The van der Waals surface area contributed by atoms with Crippen LogP contribution in [0.4, 0.5) is 0 Å². The molecule has 29 heavy (non-hydrogen) atoms. The van der Waals surface area contributed by atoms with E-state index in [4.69, 9.17) is 4.74 Å². The van der Waals surface area contributed by atoms with Gasteiger partial charge in [-0.15, -0.1) is 11.3 Å². The van der Waals surface area contributed by atoms with Crippen LogP contribution in [0.3, 0.4) is 0 Å². The molecule has 0 aliphatic heterocycles. The number of benzene rings is 2.